The Morgan fingerprint density at radius 1 is 1.00 bits per heavy atom. The predicted molar refractivity (Wildman–Crippen MR) is 86.6 cm³/mol. The van der Waals surface area contributed by atoms with Crippen molar-refractivity contribution in [2.45, 2.75) is 13.5 Å². The molecule has 0 fully saturated rings. The second kappa shape index (κ2) is 6.22. The van der Waals surface area contributed by atoms with E-state index in [1.807, 2.05) is 61.5 Å². The van der Waals surface area contributed by atoms with Crippen LogP contribution in [0.15, 0.2) is 59.4 Å². The summed E-state index contributed by atoms with van der Waals surface area (Å²) in [7, 11) is 0. The summed E-state index contributed by atoms with van der Waals surface area (Å²) in [6.07, 6.45) is 0. The number of hydrogen-bond acceptors (Lipinski definition) is 4. The third kappa shape index (κ3) is 3.20. The van der Waals surface area contributed by atoms with E-state index in [1.54, 1.807) is 0 Å². The molecule has 2 N–H and O–H groups in total. The van der Waals surface area contributed by atoms with Crippen LogP contribution in [0.5, 0.6) is 0 Å². The quantitative estimate of drug-likeness (QED) is 0.775. The zero-order valence-electron chi connectivity index (χ0n) is 12.2. The van der Waals surface area contributed by atoms with Gasteiger partial charge in [0.25, 0.3) is 5.56 Å². The van der Waals surface area contributed by atoms with Crippen molar-refractivity contribution in [1.29, 1.82) is 0 Å². The number of rotatable bonds is 4. The molecule has 1 aromatic heterocycles. The summed E-state index contributed by atoms with van der Waals surface area (Å²) in [5.41, 5.74) is 3.14. The second-order valence-electron chi connectivity index (χ2n) is 5.06. The molecule has 0 amide bonds. The number of nitrogens with zero attached hydrogens (tertiary/aromatic N) is 2. The number of aromatic amines is 1. The number of aryl methyl sites for hydroxylation is 1. The van der Waals surface area contributed by atoms with Crippen molar-refractivity contribution in [3.05, 3.63) is 76.1 Å². The zero-order chi connectivity index (χ0) is 15.4. The number of aromatic nitrogens is 3. The van der Waals surface area contributed by atoms with Gasteiger partial charge in [-0.05, 0) is 12.5 Å². The Balaban J connectivity index is 1.75. The van der Waals surface area contributed by atoms with E-state index in [-0.39, 0.29) is 5.56 Å². The van der Waals surface area contributed by atoms with Crippen LogP contribution in [0.3, 0.4) is 0 Å². The molecule has 3 aromatic rings. The van der Waals surface area contributed by atoms with Gasteiger partial charge < -0.3 is 5.32 Å². The van der Waals surface area contributed by atoms with Crippen LogP contribution < -0.4 is 10.9 Å². The van der Waals surface area contributed by atoms with Crippen LogP contribution in [-0.4, -0.2) is 15.2 Å². The molecule has 110 valence electrons. The first kappa shape index (κ1) is 14.0. The summed E-state index contributed by atoms with van der Waals surface area (Å²) in [5.74, 6) is 0.366. The third-order valence-corrected chi connectivity index (χ3v) is 3.32. The summed E-state index contributed by atoms with van der Waals surface area (Å²) in [6, 6.07) is 17.4. The first-order valence-electron chi connectivity index (χ1n) is 7.04. The summed E-state index contributed by atoms with van der Waals surface area (Å²) >= 11 is 0. The highest BCUT2D eigenvalue weighted by molar-refractivity contribution is 5.57. The van der Waals surface area contributed by atoms with Crippen LogP contribution >= 0.6 is 0 Å². The molecule has 0 bridgehead atoms. The van der Waals surface area contributed by atoms with Gasteiger partial charge in [0.05, 0.1) is 0 Å². The second-order valence-corrected chi connectivity index (χ2v) is 5.06. The molecule has 0 saturated heterocycles. The van der Waals surface area contributed by atoms with Crippen molar-refractivity contribution >= 4 is 5.95 Å². The van der Waals surface area contributed by atoms with E-state index < -0.39 is 0 Å². The van der Waals surface area contributed by atoms with Gasteiger partial charge >= 0.3 is 0 Å². The number of anilines is 1. The monoisotopic (exact) mass is 292 g/mol. The molecule has 0 radical (unpaired) electrons. The van der Waals surface area contributed by atoms with Crippen molar-refractivity contribution in [3.8, 4) is 11.3 Å². The van der Waals surface area contributed by atoms with Gasteiger partial charge in [-0.2, -0.15) is 0 Å². The van der Waals surface area contributed by atoms with Gasteiger partial charge in [0.2, 0.25) is 5.95 Å². The minimum absolute atomic E-state index is 0.257. The van der Waals surface area contributed by atoms with Gasteiger partial charge in [0.15, 0.2) is 5.69 Å². The molecular weight excluding hydrogens is 276 g/mol. The Kier molecular flexibility index (Phi) is 3.96. The fraction of sp³-hybridized carbons (Fsp3) is 0.118. The van der Waals surface area contributed by atoms with E-state index in [4.69, 9.17) is 0 Å². The van der Waals surface area contributed by atoms with Crippen LogP contribution in [-0.2, 0) is 6.54 Å². The molecule has 22 heavy (non-hydrogen) atoms. The molecule has 3 rings (SSSR count). The Bertz CT molecular complexity index is 810. The van der Waals surface area contributed by atoms with Crippen molar-refractivity contribution in [2.75, 3.05) is 5.32 Å². The largest absolute Gasteiger partial charge is 0.350 e. The lowest BCUT2D eigenvalue weighted by atomic mass is 10.1. The first-order valence-corrected chi connectivity index (χ1v) is 7.04. The fourth-order valence-corrected chi connectivity index (χ4v) is 2.09. The number of H-pyrrole nitrogens is 1. The Morgan fingerprint density at radius 2 is 1.73 bits per heavy atom. The summed E-state index contributed by atoms with van der Waals surface area (Å²) in [4.78, 5) is 14.8. The highest BCUT2D eigenvalue weighted by Gasteiger charge is 2.06. The highest BCUT2D eigenvalue weighted by atomic mass is 16.1. The van der Waals surface area contributed by atoms with E-state index in [0.29, 0.717) is 18.2 Å². The number of nitrogens with one attached hydrogen (secondary N) is 2. The van der Waals surface area contributed by atoms with Crippen molar-refractivity contribution in [2.24, 2.45) is 0 Å². The van der Waals surface area contributed by atoms with Crippen LogP contribution in [0.1, 0.15) is 11.1 Å². The maximum absolute atomic E-state index is 12.1. The van der Waals surface area contributed by atoms with E-state index in [2.05, 4.69) is 20.5 Å². The molecular formula is C17H16N4O. The lowest BCUT2D eigenvalue weighted by Crippen LogP contribution is -2.16. The topological polar surface area (TPSA) is 70.7 Å². The molecule has 5 heteroatoms. The van der Waals surface area contributed by atoms with Crippen LogP contribution in [0.2, 0.25) is 0 Å². The van der Waals surface area contributed by atoms with Crippen molar-refractivity contribution in [3.63, 3.8) is 0 Å². The van der Waals surface area contributed by atoms with Gasteiger partial charge in [0, 0.05) is 12.1 Å². The summed E-state index contributed by atoms with van der Waals surface area (Å²) in [5, 5.41) is 11.1. The highest BCUT2D eigenvalue weighted by Crippen LogP contribution is 2.11. The molecule has 2 aromatic carbocycles. The van der Waals surface area contributed by atoms with Gasteiger partial charge in [-0.15, -0.1) is 10.2 Å². The first-order chi connectivity index (χ1) is 10.7. The van der Waals surface area contributed by atoms with Crippen molar-refractivity contribution < 1.29 is 0 Å². The minimum Gasteiger partial charge on any atom is -0.350 e. The van der Waals surface area contributed by atoms with E-state index in [0.717, 1.165) is 11.1 Å². The Labute approximate surface area is 128 Å². The van der Waals surface area contributed by atoms with Crippen molar-refractivity contribution in [1.82, 2.24) is 15.2 Å². The molecule has 1 heterocycles. The lowest BCUT2D eigenvalue weighted by molar-refractivity contribution is 0.931. The van der Waals surface area contributed by atoms with E-state index >= 15 is 0 Å². The van der Waals surface area contributed by atoms with Gasteiger partial charge in [-0.3, -0.25) is 9.78 Å². The molecule has 0 aliphatic carbocycles. The normalized spacial score (nSPS) is 10.4. The Hall–Kier alpha value is -2.95. The van der Waals surface area contributed by atoms with Crippen LogP contribution in [0.4, 0.5) is 5.95 Å². The number of benzene rings is 2. The predicted octanol–water partition coefficient (Wildman–Crippen LogP) is 2.75. The summed E-state index contributed by atoms with van der Waals surface area (Å²) in [6.45, 7) is 2.62. The Morgan fingerprint density at radius 3 is 2.41 bits per heavy atom. The lowest BCUT2D eigenvalue weighted by Gasteiger charge is -2.06. The standard InChI is InChI=1S/C17H16N4O/c1-12-7-9-13(10-8-12)11-18-17-19-16(22)15(20-21-17)14-5-3-2-4-6-14/h2-10H,11H2,1H3,(H2,18,19,21,22). The van der Waals surface area contributed by atoms with Gasteiger partial charge in [-0.25, -0.2) is 0 Å². The fourth-order valence-electron chi connectivity index (χ4n) is 2.09. The molecule has 5 nitrogen and oxygen atoms in total. The maximum atomic E-state index is 12.1. The van der Waals surface area contributed by atoms with E-state index in [1.165, 1.54) is 5.56 Å². The average molecular weight is 292 g/mol. The molecule has 0 unspecified atom stereocenters. The summed E-state index contributed by atoms with van der Waals surface area (Å²) < 4.78 is 0. The smallest absolute Gasteiger partial charge is 0.279 e. The number of hydrogen-bond donors (Lipinski definition) is 2. The minimum atomic E-state index is -0.257. The van der Waals surface area contributed by atoms with Crippen LogP contribution in [0, 0.1) is 6.92 Å². The average Bonchev–Trinajstić information content (AvgIpc) is 2.55. The van der Waals surface area contributed by atoms with E-state index in [9.17, 15) is 4.79 Å². The van der Waals surface area contributed by atoms with Gasteiger partial charge in [-0.1, -0.05) is 60.2 Å². The third-order valence-electron chi connectivity index (χ3n) is 3.32. The molecule has 0 saturated carbocycles. The molecule has 0 aliphatic heterocycles. The molecule has 0 aliphatic rings. The molecule has 0 atom stereocenters. The van der Waals surface area contributed by atoms with Gasteiger partial charge in [0.1, 0.15) is 0 Å². The van der Waals surface area contributed by atoms with Crippen LogP contribution in [0.25, 0.3) is 11.3 Å². The zero-order valence-corrected chi connectivity index (χ0v) is 12.2. The SMILES string of the molecule is Cc1ccc(CNc2nnc(-c3ccccc3)c(=O)[nH]2)cc1. The maximum Gasteiger partial charge on any atom is 0.279 e. The molecule has 0 spiro atoms.